The van der Waals surface area contributed by atoms with E-state index in [-0.39, 0.29) is 0 Å². The molecule has 2 aromatic carbocycles. The van der Waals surface area contributed by atoms with Gasteiger partial charge in [-0.3, -0.25) is 0 Å². The second kappa shape index (κ2) is 8.15. The fourth-order valence-electron chi connectivity index (χ4n) is 2.00. The van der Waals surface area contributed by atoms with Crippen LogP contribution in [-0.4, -0.2) is 18.8 Å². The summed E-state index contributed by atoms with van der Waals surface area (Å²) >= 11 is 8.85. The number of methoxy groups -OCH3 is 1. The highest BCUT2D eigenvalue weighted by Crippen LogP contribution is 2.23. The van der Waals surface area contributed by atoms with E-state index < -0.39 is 0 Å². The van der Waals surface area contributed by atoms with E-state index in [4.69, 9.17) is 17.0 Å². The number of ether oxygens (including phenoxy) is 1. The molecule has 116 valence electrons. The predicted octanol–water partition coefficient (Wildman–Crippen LogP) is 4.30. The Labute approximate surface area is 145 Å². The molecular weight excluding hydrogens is 360 g/mol. The molecule has 0 saturated heterocycles. The van der Waals surface area contributed by atoms with Gasteiger partial charge in [0.05, 0.1) is 12.8 Å². The first-order valence-corrected chi connectivity index (χ1v) is 8.22. The van der Waals surface area contributed by atoms with Crippen LogP contribution in [0.5, 0.6) is 5.75 Å². The van der Waals surface area contributed by atoms with Crippen molar-refractivity contribution in [2.45, 2.75) is 13.3 Å². The lowest BCUT2D eigenvalue weighted by atomic mass is 10.1. The number of hydrogen-bond acceptors (Lipinski definition) is 2. The highest BCUT2D eigenvalue weighted by Gasteiger charge is 2.02. The smallest absolute Gasteiger partial charge is 0.170 e. The van der Waals surface area contributed by atoms with Crippen molar-refractivity contribution >= 4 is 38.9 Å². The quantitative estimate of drug-likeness (QED) is 0.760. The summed E-state index contributed by atoms with van der Waals surface area (Å²) in [6.07, 6.45) is 0.904. The molecule has 3 nitrogen and oxygen atoms in total. The maximum atomic E-state index is 5.32. The second-order valence-electron chi connectivity index (χ2n) is 4.96. The number of hydrogen-bond donors (Lipinski definition) is 2. The molecule has 2 aromatic rings. The third kappa shape index (κ3) is 5.00. The Morgan fingerprint density at radius 1 is 1.18 bits per heavy atom. The van der Waals surface area contributed by atoms with E-state index in [1.807, 2.05) is 24.3 Å². The van der Waals surface area contributed by atoms with E-state index in [0.717, 1.165) is 28.9 Å². The van der Waals surface area contributed by atoms with E-state index in [9.17, 15) is 0 Å². The molecule has 5 heteroatoms. The highest BCUT2D eigenvalue weighted by atomic mass is 79.9. The molecule has 0 atom stereocenters. The molecule has 0 aliphatic heterocycles. The first kappa shape index (κ1) is 16.8. The lowest BCUT2D eigenvalue weighted by molar-refractivity contribution is 0.414. The summed E-state index contributed by atoms with van der Waals surface area (Å²) in [4.78, 5) is 0. The molecule has 0 aliphatic carbocycles. The number of thiocarbonyl (C=S) groups is 1. The highest BCUT2D eigenvalue weighted by molar-refractivity contribution is 9.10. The monoisotopic (exact) mass is 378 g/mol. The van der Waals surface area contributed by atoms with E-state index in [1.165, 1.54) is 11.1 Å². The molecule has 0 aromatic heterocycles. The SMILES string of the molecule is COc1ccc(CCNC(=S)Nc2ccc(C)cc2Br)cc1. The molecular formula is C17H19BrN2OS. The molecule has 0 spiro atoms. The molecule has 0 amide bonds. The summed E-state index contributed by atoms with van der Waals surface area (Å²) in [6.45, 7) is 2.83. The van der Waals surface area contributed by atoms with Crippen LogP contribution in [0.15, 0.2) is 46.9 Å². The van der Waals surface area contributed by atoms with Gasteiger partial charge in [0.1, 0.15) is 5.75 Å². The third-order valence-corrected chi connectivity index (χ3v) is 4.13. The standard InChI is InChI=1S/C17H19BrN2OS/c1-12-3-8-16(15(18)11-12)20-17(22)19-10-9-13-4-6-14(21-2)7-5-13/h3-8,11H,9-10H2,1-2H3,(H2,19,20,22). The number of rotatable bonds is 5. The van der Waals surface area contributed by atoms with Crippen molar-refractivity contribution in [2.24, 2.45) is 0 Å². The van der Waals surface area contributed by atoms with E-state index in [1.54, 1.807) is 7.11 Å². The Morgan fingerprint density at radius 3 is 2.55 bits per heavy atom. The summed E-state index contributed by atoms with van der Waals surface area (Å²) < 4.78 is 6.15. The van der Waals surface area contributed by atoms with E-state index in [2.05, 4.69) is 51.7 Å². The fourth-order valence-corrected chi connectivity index (χ4v) is 2.80. The number of anilines is 1. The number of aryl methyl sites for hydroxylation is 1. The van der Waals surface area contributed by atoms with Gasteiger partial charge in [-0.2, -0.15) is 0 Å². The van der Waals surface area contributed by atoms with Crippen LogP contribution in [0.25, 0.3) is 0 Å². The Morgan fingerprint density at radius 2 is 1.91 bits per heavy atom. The number of nitrogens with one attached hydrogen (secondary N) is 2. The molecule has 0 saturated carbocycles. The van der Waals surface area contributed by atoms with Crippen molar-refractivity contribution in [1.29, 1.82) is 0 Å². The van der Waals surface area contributed by atoms with Crippen LogP contribution < -0.4 is 15.4 Å². The lowest BCUT2D eigenvalue weighted by Gasteiger charge is -2.12. The molecule has 22 heavy (non-hydrogen) atoms. The number of benzene rings is 2. The lowest BCUT2D eigenvalue weighted by Crippen LogP contribution is -2.30. The van der Waals surface area contributed by atoms with Crippen LogP contribution >= 0.6 is 28.1 Å². The first-order chi connectivity index (χ1) is 10.6. The third-order valence-electron chi connectivity index (χ3n) is 3.23. The summed E-state index contributed by atoms with van der Waals surface area (Å²) in [5.74, 6) is 0.873. The Balaban J connectivity index is 1.79. The summed E-state index contributed by atoms with van der Waals surface area (Å²) in [5, 5.41) is 7.04. The Kier molecular flexibility index (Phi) is 6.21. The zero-order chi connectivity index (χ0) is 15.9. The zero-order valence-electron chi connectivity index (χ0n) is 12.7. The molecule has 0 fully saturated rings. The Hall–Kier alpha value is -1.59. The molecule has 0 heterocycles. The second-order valence-corrected chi connectivity index (χ2v) is 6.22. The van der Waals surface area contributed by atoms with Crippen LogP contribution in [0.1, 0.15) is 11.1 Å². The van der Waals surface area contributed by atoms with Gasteiger partial charge in [0, 0.05) is 11.0 Å². The van der Waals surface area contributed by atoms with Crippen molar-refractivity contribution in [3.05, 3.63) is 58.1 Å². The van der Waals surface area contributed by atoms with Crippen molar-refractivity contribution < 1.29 is 4.74 Å². The van der Waals surface area contributed by atoms with Crippen LogP contribution in [0.3, 0.4) is 0 Å². The van der Waals surface area contributed by atoms with Gasteiger partial charge >= 0.3 is 0 Å². The van der Waals surface area contributed by atoms with Crippen LogP contribution in [0, 0.1) is 6.92 Å². The average Bonchev–Trinajstić information content (AvgIpc) is 2.51. The largest absolute Gasteiger partial charge is 0.497 e. The van der Waals surface area contributed by atoms with Gasteiger partial charge in [-0.15, -0.1) is 0 Å². The van der Waals surface area contributed by atoms with E-state index >= 15 is 0 Å². The van der Waals surface area contributed by atoms with Crippen molar-refractivity contribution in [1.82, 2.24) is 5.32 Å². The van der Waals surface area contributed by atoms with Gasteiger partial charge in [-0.25, -0.2) is 0 Å². The van der Waals surface area contributed by atoms with Crippen molar-refractivity contribution in [3.8, 4) is 5.75 Å². The predicted molar refractivity (Wildman–Crippen MR) is 99.8 cm³/mol. The fraction of sp³-hybridized carbons (Fsp3) is 0.235. The molecule has 0 bridgehead atoms. The summed E-state index contributed by atoms with van der Waals surface area (Å²) in [6, 6.07) is 14.2. The maximum Gasteiger partial charge on any atom is 0.170 e. The van der Waals surface area contributed by atoms with Crippen LogP contribution in [0.2, 0.25) is 0 Å². The minimum atomic E-state index is 0.623. The van der Waals surface area contributed by atoms with E-state index in [0.29, 0.717) is 5.11 Å². The van der Waals surface area contributed by atoms with Crippen LogP contribution in [-0.2, 0) is 6.42 Å². The van der Waals surface area contributed by atoms with Gasteiger partial charge in [-0.05, 0) is 76.9 Å². The molecule has 2 N–H and O–H groups in total. The summed E-state index contributed by atoms with van der Waals surface area (Å²) in [7, 11) is 1.67. The van der Waals surface area contributed by atoms with Crippen LogP contribution in [0.4, 0.5) is 5.69 Å². The zero-order valence-corrected chi connectivity index (χ0v) is 15.1. The maximum absolute atomic E-state index is 5.32. The minimum absolute atomic E-state index is 0.623. The minimum Gasteiger partial charge on any atom is -0.497 e. The van der Waals surface area contributed by atoms with Gasteiger partial charge in [0.2, 0.25) is 0 Å². The Bertz CT molecular complexity index is 644. The molecule has 2 rings (SSSR count). The molecule has 0 radical (unpaired) electrons. The summed E-state index contributed by atoms with van der Waals surface area (Å²) in [5.41, 5.74) is 3.41. The topological polar surface area (TPSA) is 33.3 Å². The van der Waals surface area contributed by atoms with Gasteiger partial charge in [0.15, 0.2) is 5.11 Å². The molecule has 0 aliphatic rings. The van der Waals surface area contributed by atoms with Gasteiger partial charge < -0.3 is 15.4 Å². The molecule has 0 unspecified atom stereocenters. The number of halogens is 1. The van der Waals surface area contributed by atoms with Gasteiger partial charge in [0.25, 0.3) is 0 Å². The average molecular weight is 379 g/mol. The van der Waals surface area contributed by atoms with Crippen molar-refractivity contribution in [3.63, 3.8) is 0 Å². The van der Waals surface area contributed by atoms with Gasteiger partial charge in [-0.1, -0.05) is 18.2 Å². The normalized spacial score (nSPS) is 10.1. The first-order valence-electron chi connectivity index (χ1n) is 7.02. The van der Waals surface area contributed by atoms with Crippen molar-refractivity contribution in [2.75, 3.05) is 19.0 Å².